The van der Waals surface area contributed by atoms with E-state index in [1.54, 1.807) is 23.1 Å². The molecule has 162 valence electrons. The van der Waals surface area contributed by atoms with Crippen molar-refractivity contribution in [3.05, 3.63) is 119 Å². The first kappa shape index (κ1) is 21.2. The van der Waals surface area contributed by atoms with Crippen LogP contribution in [0.5, 0.6) is 11.5 Å². The number of aromatic nitrogens is 1. The summed E-state index contributed by atoms with van der Waals surface area (Å²) in [6.45, 7) is 0.372. The summed E-state index contributed by atoms with van der Waals surface area (Å²) in [6, 6.07) is 32.2. The lowest BCUT2D eigenvalue weighted by atomic mass is 10.1. The maximum atomic E-state index is 13.9. The molecule has 0 fully saturated rings. The molecule has 0 saturated heterocycles. The minimum atomic E-state index is -0.194. The summed E-state index contributed by atoms with van der Waals surface area (Å²) >= 11 is 7.81. The normalized spacial score (nSPS) is 10.8. The molecule has 0 spiro atoms. The number of halogens is 1. The van der Waals surface area contributed by atoms with Gasteiger partial charge in [0, 0.05) is 0 Å². The van der Waals surface area contributed by atoms with Crippen LogP contribution in [0.25, 0.3) is 10.2 Å². The van der Waals surface area contributed by atoms with Crippen molar-refractivity contribution in [1.29, 1.82) is 0 Å². The van der Waals surface area contributed by atoms with Crippen LogP contribution in [0.15, 0.2) is 103 Å². The number of para-hydroxylation sites is 3. The second-order valence-electron chi connectivity index (χ2n) is 7.37. The summed E-state index contributed by atoms with van der Waals surface area (Å²) in [5.41, 5.74) is 2.15. The van der Waals surface area contributed by atoms with Gasteiger partial charge in [-0.3, -0.25) is 9.69 Å². The first-order valence-electron chi connectivity index (χ1n) is 10.4. The van der Waals surface area contributed by atoms with Crippen molar-refractivity contribution in [2.45, 2.75) is 6.54 Å². The summed E-state index contributed by atoms with van der Waals surface area (Å²) in [4.78, 5) is 20.3. The van der Waals surface area contributed by atoms with Crippen molar-refractivity contribution in [3.8, 4) is 11.5 Å². The average molecular weight is 471 g/mol. The third kappa shape index (κ3) is 4.60. The molecule has 4 nitrogen and oxygen atoms in total. The highest BCUT2D eigenvalue weighted by atomic mass is 35.5. The molecular weight excluding hydrogens is 452 g/mol. The Bertz CT molecular complexity index is 1400. The minimum absolute atomic E-state index is 0.194. The maximum Gasteiger partial charge on any atom is 0.264 e. The maximum absolute atomic E-state index is 13.9. The average Bonchev–Trinajstić information content (AvgIpc) is 3.29. The van der Waals surface area contributed by atoms with E-state index in [9.17, 15) is 4.79 Å². The van der Waals surface area contributed by atoms with Gasteiger partial charge in [-0.1, -0.05) is 89.7 Å². The molecule has 6 heteroatoms. The highest BCUT2D eigenvalue weighted by Gasteiger charge is 2.25. The quantitative estimate of drug-likeness (QED) is 0.256. The molecule has 4 aromatic carbocycles. The number of rotatable bonds is 6. The summed E-state index contributed by atoms with van der Waals surface area (Å²) in [5.74, 6) is 0.964. The summed E-state index contributed by atoms with van der Waals surface area (Å²) in [7, 11) is 0. The molecule has 5 aromatic rings. The van der Waals surface area contributed by atoms with E-state index in [2.05, 4.69) is 0 Å². The predicted molar refractivity (Wildman–Crippen MR) is 135 cm³/mol. The summed E-state index contributed by atoms with van der Waals surface area (Å²) < 4.78 is 6.99. The molecular formula is C27H19ClN2O2S. The highest BCUT2D eigenvalue weighted by Crippen LogP contribution is 2.35. The Morgan fingerprint density at radius 2 is 1.55 bits per heavy atom. The fourth-order valence-electron chi connectivity index (χ4n) is 3.50. The molecule has 1 amide bonds. The molecule has 0 saturated carbocycles. The number of fused-ring (bicyclic) bond motifs is 1. The van der Waals surface area contributed by atoms with Crippen molar-refractivity contribution in [3.63, 3.8) is 0 Å². The van der Waals surface area contributed by atoms with Gasteiger partial charge in [-0.25, -0.2) is 4.98 Å². The molecule has 0 N–H and O–H groups in total. The zero-order valence-corrected chi connectivity index (χ0v) is 19.1. The summed E-state index contributed by atoms with van der Waals surface area (Å²) in [5, 5.41) is 1.15. The van der Waals surface area contributed by atoms with E-state index >= 15 is 0 Å². The molecule has 0 bridgehead atoms. The van der Waals surface area contributed by atoms with Crippen LogP contribution in [0.1, 0.15) is 15.9 Å². The fraction of sp³-hybridized carbons (Fsp3) is 0.0370. The van der Waals surface area contributed by atoms with Gasteiger partial charge in [0.05, 0.1) is 21.8 Å². The molecule has 1 heterocycles. The number of anilines is 1. The Morgan fingerprint density at radius 1 is 0.848 bits per heavy atom. The third-order valence-electron chi connectivity index (χ3n) is 5.11. The van der Waals surface area contributed by atoms with Gasteiger partial charge < -0.3 is 4.74 Å². The topological polar surface area (TPSA) is 42.4 Å². The van der Waals surface area contributed by atoms with Crippen molar-refractivity contribution in [1.82, 2.24) is 4.98 Å². The number of carbonyl (C=O) groups is 1. The minimum Gasteiger partial charge on any atom is -0.457 e. The number of hydrogen-bond acceptors (Lipinski definition) is 4. The Hall–Kier alpha value is -3.67. The molecule has 5 rings (SSSR count). The van der Waals surface area contributed by atoms with Gasteiger partial charge in [-0.15, -0.1) is 0 Å². The monoisotopic (exact) mass is 470 g/mol. The van der Waals surface area contributed by atoms with Gasteiger partial charge in [-0.2, -0.15) is 0 Å². The second-order valence-corrected chi connectivity index (χ2v) is 8.79. The van der Waals surface area contributed by atoms with Crippen LogP contribution >= 0.6 is 22.9 Å². The first-order valence-corrected chi connectivity index (χ1v) is 11.6. The van der Waals surface area contributed by atoms with Crippen LogP contribution in [-0.4, -0.2) is 10.9 Å². The van der Waals surface area contributed by atoms with Crippen LogP contribution in [0.3, 0.4) is 0 Å². The number of benzene rings is 4. The van der Waals surface area contributed by atoms with E-state index < -0.39 is 0 Å². The second kappa shape index (κ2) is 9.45. The van der Waals surface area contributed by atoms with Crippen LogP contribution in [0.2, 0.25) is 5.02 Å². The SMILES string of the molecule is O=C(c1ccccc1Oc1ccccc1)N(Cc1ccccc1)c1nc2c(Cl)cccc2s1. The van der Waals surface area contributed by atoms with Gasteiger partial charge in [0.1, 0.15) is 17.0 Å². The molecule has 0 aliphatic rings. The zero-order valence-electron chi connectivity index (χ0n) is 17.5. The standard InChI is InChI=1S/C27H19ClN2O2S/c28-22-15-9-17-24-25(22)29-27(33-24)30(18-19-10-3-1-4-11-19)26(31)21-14-7-8-16-23(21)32-20-12-5-2-6-13-20/h1-17H,18H2. The van der Waals surface area contributed by atoms with Crippen LogP contribution in [0.4, 0.5) is 5.13 Å². The lowest BCUT2D eigenvalue weighted by Gasteiger charge is -2.21. The van der Waals surface area contributed by atoms with E-state index in [0.717, 1.165) is 10.3 Å². The summed E-state index contributed by atoms with van der Waals surface area (Å²) in [6.07, 6.45) is 0. The number of amides is 1. The number of nitrogens with zero attached hydrogens (tertiary/aromatic N) is 2. The molecule has 0 unspecified atom stereocenters. The highest BCUT2D eigenvalue weighted by molar-refractivity contribution is 7.22. The van der Waals surface area contributed by atoms with Crippen molar-refractivity contribution < 1.29 is 9.53 Å². The van der Waals surface area contributed by atoms with Crippen LogP contribution in [-0.2, 0) is 6.54 Å². The van der Waals surface area contributed by atoms with Crippen molar-refractivity contribution in [2.24, 2.45) is 0 Å². The van der Waals surface area contributed by atoms with E-state index in [1.165, 1.54) is 11.3 Å². The van der Waals surface area contributed by atoms with E-state index in [-0.39, 0.29) is 5.91 Å². The van der Waals surface area contributed by atoms with Gasteiger partial charge in [0.2, 0.25) is 0 Å². The Labute approximate surface area is 200 Å². The van der Waals surface area contributed by atoms with E-state index in [0.29, 0.717) is 39.3 Å². The molecule has 0 aliphatic heterocycles. The molecule has 33 heavy (non-hydrogen) atoms. The zero-order chi connectivity index (χ0) is 22.6. The molecule has 0 radical (unpaired) electrons. The van der Waals surface area contributed by atoms with E-state index in [1.807, 2.05) is 84.9 Å². The largest absolute Gasteiger partial charge is 0.457 e. The molecule has 1 aromatic heterocycles. The van der Waals surface area contributed by atoms with E-state index in [4.69, 9.17) is 21.3 Å². The predicted octanol–water partition coefficient (Wildman–Crippen LogP) is 7.59. The lowest BCUT2D eigenvalue weighted by molar-refractivity contribution is 0.0983. The lowest BCUT2D eigenvalue weighted by Crippen LogP contribution is -2.30. The van der Waals surface area contributed by atoms with Gasteiger partial charge in [0.25, 0.3) is 5.91 Å². The third-order valence-corrected chi connectivity index (χ3v) is 6.46. The van der Waals surface area contributed by atoms with Gasteiger partial charge in [-0.05, 0) is 42.0 Å². The molecule has 0 atom stereocenters. The number of carbonyl (C=O) groups excluding carboxylic acids is 1. The fourth-order valence-corrected chi connectivity index (χ4v) is 4.77. The Morgan fingerprint density at radius 3 is 2.30 bits per heavy atom. The number of thiazole rings is 1. The van der Waals surface area contributed by atoms with Gasteiger partial charge in [0.15, 0.2) is 5.13 Å². The van der Waals surface area contributed by atoms with Gasteiger partial charge >= 0.3 is 0 Å². The van der Waals surface area contributed by atoms with Crippen LogP contribution < -0.4 is 9.64 Å². The van der Waals surface area contributed by atoms with Crippen LogP contribution in [0, 0.1) is 0 Å². The molecule has 0 aliphatic carbocycles. The number of ether oxygens (including phenoxy) is 1. The Kier molecular flexibility index (Phi) is 6.07. The van der Waals surface area contributed by atoms with Crippen molar-refractivity contribution in [2.75, 3.05) is 4.90 Å². The number of hydrogen-bond donors (Lipinski definition) is 0. The Balaban J connectivity index is 1.57. The smallest absolute Gasteiger partial charge is 0.264 e. The van der Waals surface area contributed by atoms with Crippen molar-refractivity contribution >= 4 is 44.2 Å². The first-order chi connectivity index (χ1) is 16.2.